The highest BCUT2D eigenvalue weighted by Gasteiger charge is 2.26. The summed E-state index contributed by atoms with van der Waals surface area (Å²) >= 11 is 1.52. The molecule has 7 nitrogen and oxygen atoms in total. The van der Waals surface area contributed by atoms with Crippen LogP contribution in [-0.4, -0.2) is 48.6 Å². The van der Waals surface area contributed by atoms with Crippen molar-refractivity contribution < 1.29 is 14.3 Å². The van der Waals surface area contributed by atoms with Crippen molar-refractivity contribution in [3.05, 3.63) is 51.5 Å². The van der Waals surface area contributed by atoms with E-state index in [-0.39, 0.29) is 17.9 Å². The number of methoxy groups -OCH3 is 1. The number of ether oxygens (including phenoxy) is 1. The molecule has 0 unspecified atom stereocenters. The monoisotopic (exact) mass is 482 g/mol. The molecule has 1 aromatic heterocycles. The molecule has 0 radical (unpaired) electrons. The van der Waals surface area contributed by atoms with E-state index in [9.17, 15) is 9.59 Å². The summed E-state index contributed by atoms with van der Waals surface area (Å²) in [6, 6.07) is 5.68. The first-order chi connectivity index (χ1) is 16.5. The Bertz CT molecular complexity index is 1040. The maximum absolute atomic E-state index is 12.8. The molecule has 1 aliphatic carbocycles. The number of urea groups is 1. The molecule has 2 heterocycles. The first-order valence-corrected chi connectivity index (χ1v) is 13.0. The van der Waals surface area contributed by atoms with E-state index in [0.29, 0.717) is 36.8 Å². The summed E-state index contributed by atoms with van der Waals surface area (Å²) in [6.07, 6.45) is 9.93. The fourth-order valence-electron chi connectivity index (χ4n) is 4.63. The number of thiazole rings is 1. The molecule has 0 spiro atoms. The van der Waals surface area contributed by atoms with Crippen LogP contribution in [0.5, 0.6) is 5.75 Å². The maximum atomic E-state index is 12.8. The topological polar surface area (TPSA) is 83.6 Å². The van der Waals surface area contributed by atoms with E-state index < -0.39 is 0 Å². The molecule has 0 atom stereocenters. The standard InChI is InChI=1S/C26H34N4O3S/c1-18-7-6-10-22(33-2)23(18)29-24(31)21-17-34-25(28-21)20-12-15-30(16-13-20)26(32)27-14-11-19-8-4-3-5-9-19/h6-8,10,17,20H,3-5,9,11-16H2,1-2H3,(H,27,32)(H,29,31). The van der Waals surface area contributed by atoms with Gasteiger partial charge in [0, 0.05) is 30.9 Å². The average Bonchev–Trinajstić information content (AvgIpc) is 3.36. The van der Waals surface area contributed by atoms with Crippen LogP contribution >= 0.6 is 11.3 Å². The van der Waals surface area contributed by atoms with Crippen molar-refractivity contribution >= 4 is 29.0 Å². The molecule has 2 aliphatic rings. The Morgan fingerprint density at radius 1 is 1.24 bits per heavy atom. The highest BCUT2D eigenvalue weighted by atomic mass is 32.1. The second-order valence-corrected chi connectivity index (χ2v) is 9.92. The number of carbonyl (C=O) groups is 2. The number of nitrogens with one attached hydrogen (secondary N) is 2. The largest absolute Gasteiger partial charge is 0.495 e. The summed E-state index contributed by atoms with van der Waals surface area (Å²) in [5, 5.41) is 8.80. The predicted octanol–water partition coefficient (Wildman–Crippen LogP) is 5.49. The van der Waals surface area contributed by atoms with Gasteiger partial charge in [0.25, 0.3) is 5.91 Å². The predicted molar refractivity (Wildman–Crippen MR) is 136 cm³/mol. The van der Waals surface area contributed by atoms with Gasteiger partial charge in [-0.05, 0) is 63.5 Å². The number of anilines is 1. The molecule has 34 heavy (non-hydrogen) atoms. The van der Waals surface area contributed by atoms with Gasteiger partial charge in [0.05, 0.1) is 17.8 Å². The van der Waals surface area contributed by atoms with Gasteiger partial charge in [0.15, 0.2) is 0 Å². The molecule has 0 saturated carbocycles. The number of aromatic nitrogens is 1. The number of hydrogen-bond donors (Lipinski definition) is 2. The van der Waals surface area contributed by atoms with Crippen molar-refractivity contribution in [2.45, 2.75) is 57.8 Å². The first kappa shape index (κ1) is 24.3. The lowest BCUT2D eigenvalue weighted by molar-refractivity contribution is 0.102. The number of nitrogens with zero attached hydrogens (tertiary/aromatic N) is 2. The van der Waals surface area contributed by atoms with Crippen LogP contribution in [-0.2, 0) is 0 Å². The van der Waals surface area contributed by atoms with E-state index in [1.807, 2.05) is 35.4 Å². The molecule has 2 N–H and O–H groups in total. The number of piperidine rings is 1. The molecule has 2 aromatic rings. The first-order valence-electron chi connectivity index (χ1n) is 12.2. The van der Waals surface area contributed by atoms with Gasteiger partial charge in [-0.3, -0.25) is 4.79 Å². The quantitative estimate of drug-likeness (QED) is 0.511. The Labute approximate surface area is 205 Å². The van der Waals surface area contributed by atoms with E-state index in [4.69, 9.17) is 4.74 Å². The third-order valence-electron chi connectivity index (χ3n) is 6.69. The molecule has 1 aromatic carbocycles. The zero-order chi connectivity index (χ0) is 23.9. The van der Waals surface area contributed by atoms with Crippen molar-refractivity contribution in [3.8, 4) is 5.75 Å². The Kier molecular flexibility index (Phi) is 8.21. The van der Waals surface area contributed by atoms with Gasteiger partial charge >= 0.3 is 6.03 Å². The Morgan fingerprint density at radius 3 is 2.79 bits per heavy atom. The summed E-state index contributed by atoms with van der Waals surface area (Å²) in [6.45, 7) is 4.06. The highest BCUT2D eigenvalue weighted by Crippen LogP contribution is 2.32. The zero-order valence-corrected chi connectivity index (χ0v) is 20.9. The van der Waals surface area contributed by atoms with Crippen LogP contribution in [0.25, 0.3) is 0 Å². The van der Waals surface area contributed by atoms with E-state index in [0.717, 1.165) is 29.8 Å². The van der Waals surface area contributed by atoms with Crippen LogP contribution < -0.4 is 15.4 Å². The van der Waals surface area contributed by atoms with Crippen molar-refractivity contribution in [1.82, 2.24) is 15.2 Å². The van der Waals surface area contributed by atoms with Gasteiger partial charge in [-0.1, -0.05) is 23.8 Å². The highest BCUT2D eigenvalue weighted by molar-refractivity contribution is 7.10. The van der Waals surface area contributed by atoms with Gasteiger partial charge in [-0.15, -0.1) is 11.3 Å². The molecule has 3 amide bonds. The van der Waals surface area contributed by atoms with Crippen LogP contribution in [0.2, 0.25) is 0 Å². The van der Waals surface area contributed by atoms with Crippen LogP contribution in [0.15, 0.2) is 35.2 Å². The van der Waals surface area contributed by atoms with Crippen LogP contribution in [0, 0.1) is 6.92 Å². The van der Waals surface area contributed by atoms with E-state index >= 15 is 0 Å². The van der Waals surface area contributed by atoms with E-state index in [1.165, 1.54) is 42.6 Å². The molecule has 1 fully saturated rings. The van der Waals surface area contributed by atoms with Gasteiger partial charge in [0.1, 0.15) is 11.4 Å². The minimum atomic E-state index is -0.236. The van der Waals surface area contributed by atoms with Crippen LogP contribution in [0.1, 0.15) is 71.9 Å². The lowest BCUT2D eigenvalue weighted by atomic mass is 9.97. The van der Waals surface area contributed by atoms with Crippen LogP contribution in [0.3, 0.4) is 0 Å². The minimum absolute atomic E-state index is 0.0289. The number of aryl methyl sites for hydroxylation is 1. The second kappa shape index (κ2) is 11.5. The number of likely N-dealkylation sites (tertiary alicyclic amines) is 1. The maximum Gasteiger partial charge on any atom is 0.317 e. The summed E-state index contributed by atoms with van der Waals surface area (Å²) < 4.78 is 5.38. The second-order valence-electron chi connectivity index (χ2n) is 9.03. The number of allylic oxidation sites excluding steroid dienone is 1. The average molecular weight is 483 g/mol. The number of carbonyl (C=O) groups excluding carboxylic acids is 2. The molecule has 8 heteroatoms. The summed E-state index contributed by atoms with van der Waals surface area (Å²) in [5.41, 5.74) is 3.50. The number of hydrogen-bond acceptors (Lipinski definition) is 5. The molecule has 182 valence electrons. The fraction of sp³-hybridized carbons (Fsp3) is 0.500. The number of amides is 3. The lowest BCUT2D eigenvalue weighted by Gasteiger charge is -2.31. The molecule has 1 saturated heterocycles. The number of benzene rings is 1. The smallest absolute Gasteiger partial charge is 0.317 e. The van der Waals surface area contributed by atoms with Gasteiger partial charge in [0.2, 0.25) is 0 Å². The zero-order valence-electron chi connectivity index (χ0n) is 20.1. The molecule has 0 bridgehead atoms. The normalized spacial score (nSPS) is 16.6. The molecule has 4 rings (SSSR count). The van der Waals surface area contributed by atoms with Gasteiger partial charge < -0.3 is 20.3 Å². The van der Waals surface area contributed by atoms with Gasteiger partial charge in [-0.2, -0.15) is 0 Å². The SMILES string of the molecule is COc1cccc(C)c1NC(=O)c1csc(C2CCN(C(=O)NCCC3=CCCCC3)CC2)n1. The minimum Gasteiger partial charge on any atom is -0.495 e. The van der Waals surface area contributed by atoms with Crippen molar-refractivity contribution in [1.29, 1.82) is 0 Å². The Hall–Kier alpha value is -2.87. The molecular weight excluding hydrogens is 448 g/mol. The number of para-hydroxylation sites is 1. The molecule has 1 aliphatic heterocycles. The van der Waals surface area contributed by atoms with Crippen molar-refractivity contribution in [3.63, 3.8) is 0 Å². The number of rotatable bonds is 7. The Morgan fingerprint density at radius 2 is 2.06 bits per heavy atom. The summed E-state index contributed by atoms with van der Waals surface area (Å²) in [4.78, 5) is 31.9. The van der Waals surface area contributed by atoms with E-state index in [1.54, 1.807) is 7.11 Å². The lowest BCUT2D eigenvalue weighted by Crippen LogP contribution is -2.44. The summed E-state index contributed by atoms with van der Waals surface area (Å²) in [5.74, 6) is 0.668. The fourth-order valence-corrected chi connectivity index (χ4v) is 5.60. The summed E-state index contributed by atoms with van der Waals surface area (Å²) in [7, 11) is 1.59. The van der Waals surface area contributed by atoms with Crippen molar-refractivity contribution in [2.75, 3.05) is 32.1 Å². The molecular formula is C26H34N4O3S. The third-order valence-corrected chi connectivity index (χ3v) is 7.69. The van der Waals surface area contributed by atoms with Gasteiger partial charge in [-0.25, -0.2) is 9.78 Å². The van der Waals surface area contributed by atoms with Crippen LogP contribution in [0.4, 0.5) is 10.5 Å². The Balaban J connectivity index is 1.26. The third kappa shape index (κ3) is 5.97. The van der Waals surface area contributed by atoms with E-state index in [2.05, 4.69) is 21.7 Å². The van der Waals surface area contributed by atoms with Crippen molar-refractivity contribution in [2.24, 2.45) is 0 Å².